The van der Waals surface area contributed by atoms with Crippen LogP contribution in [-0.2, 0) is 6.42 Å². The number of imidazole rings is 1. The van der Waals surface area contributed by atoms with Gasteiger partial charge >= 0.3 is 0 Å². The van der Waals surface area contributed by atoms with Gasteiger partial charge in [-0.1, -0.05) is 12.1 Å². The molecule has 2 aromatic carbocycles. The number of carbonyl (C=O) groups is 1. The Morgan fingerprint density at radius 2 is 2.21 bits per heavy atom. The van der Waals surface area contributed by atoms with Crippen LogP contribution in [0.15, 0.2) is 41.7 Å². The Morgan fingerprint density at radius 3 is 3.07 bits per heavy atom. The zero-order valence-electron chi connectivity index (χ0n) is 16.3. The van der Waals surface area contributed by atoms with Gasteiger partial charge in [-0.3, -0.25) is 9.79 Å². The van der Waals surface area contributed by atoms with E-state index >= 15 is 0 Å². The molecule has 1 fully saturated rings. The van der Waals surface area contributed by atoms with Gasteiger partial charge in [-0.25, -0.2) is 4.98 Å². The molecule has 0 radical (unpaired) electrons. The number of nitrogens with one attached hydrogen (secondary N) is 1. The standard InChI is InChI=1S/C23H24N4O/c1-14-8-17(10-20-22(14)26-13-25-20)23(28)27-7-3-4-18-19-9-15(12-24-2)5-6-16(19)11-21(18)27/h5-6,8-10,12-13,18,21H,3-4,7,11H2,1-2H3,(H,25,26)/b24-12-/t18-,21+/m1/s1. The van der Waals surface area contributed by atoms with E-state index in [1.54, 1.807) is 13.4 Å². The van der Waals surface area contributed by atoms with Crippen LogP contribution in [0.5, 0.6) is 0 Å². The molecule has 1 N–H and O–H groups in total. The second-order valence-electron chi connectivity index (χ2n) is 7.95. The molecule has 142 valence electrons. The van der Waals surface area contributed by atoms with E-state index in [-0.39, 0.29) is 11.9 Å². The molecule has 1 aliphatic heterocycles. The van der Waals surface area contributed by atoms with Crippen molar-refractivity contribution in [3.8, 4) is 0 Å². The summed E-state index contributed by atoms with van der Waals surface area (Å²) in [6.45, 7) is 2.85. The van der Waals surface area contributed by atoms with Crippen LogP contribution in [0.3, 0.4) is 0 Å². The van der Waals surface area contributed by atoms with Crippen LogP contribution in [0.25, 0.3) is 11.0 Å². The SMILES string of the molecule is C/N=C\c1ccc2c(c1)[C@H]1CCCN(C(=O)c3cc(C)c4[nH]cnc4c3)[C@H]1C2. The van der Waals surface area contributed by atoms with E-state index in [4.69, 9.17) is 0 Å². The smallest absolute Gasteiger partial charge is 0.254 e. The number of aromatic nitrogens is 2. The van der Waals surface area contributed by atoms with Crippen molar-refractivity contribution in [2.75, 3.05) is 13.6 Å². The molecular formula is C23H24N4O. The lowest BCUT2D eigenvalue weighted by Crippen LogP contribution is -2.46. The summed E-state index contributed by atoms with van der Waals surface area (Å²) in [7, 11) is 1.80. The number of hydrogen-bond donors (Lipinski definition) is 1. The number of aromatic amines is 1. The number of fused-ring (bicyclic) bond motifs is 4. The summed E-state index contributed by atoms with van der Waals surface area (Å²) in [6, 6.07) is 10.8. The molecule has 2 atom stereocenters. The number of likely N-dealkylation sites (tertiary alicyclic amines) is 1. The summed E-state index contributed by atoms with van der Waals surface area (Å²) >= 11 is 0. The topological polar surface area (TPSA) is 61.4 Å². The van der Waals surface area contributed by atoms with Gasteiger partial charge in [0.25, 0.3) is 5.91 Å². The molecule has 28 heavy (non-hydrogen) atoms. The molecule has 1 amide bonds. The second-order valence-corrected chi connectivity index (χ2v) is 7.95. The molecule has 2 heterocycles. The van der Waals surface area contributed by atoms with Gasteiger partial charge in [0.05, 0.1) is 17.4 Å². The molecule has 1 saturated heterocycles. The third kappa shape index (κ3) is 2.65. The fourth-order valence-corrected chi connectivity index (χ4v) is 5.04. The van der Waals surface area contributed by atoms with Gasteiger partial charge in [0.2, 0.25) is 0 Å². The van der Waals surface area contributed by atoms with Crippen LogP contribution in [-0.4, -0.2) is 46.6 Å². The Morgan fingerprint density at radius 1 is 1.32 bits per heavy atom. The average Bonchev–Trinajstić information content (AvgIpc) is 3.32. The maximum absolute atomic E-state index is 13.4. The first-order valence-corrected chi connectivity index (χ1v) is 9.95. The molecule has 3 aromatic rings. The number of aliphatic imine (C=N–C) groups is 1. The molecule has 5 heteroatoms. The minimum Gasteiger partial charge on any atom is -0.344 e. The van der Waals surface area contributed by atoms with Gasteiger partial charge in [0.1, 0.15) is 0 Å². The second kappa shape index (κ2) is 6.59. The van der Waals surface area contributed by atoms with Crippen LogP contribution >= 0.6 is 0 Å². The predicted molar refractivity (Wildman–Crippen MR) is 111 cm³/mol. The highest BCUT2D eigenvalue weighted by molar-refractivity contribution is 5.98. The predicted octanol–water partition coefficient (Wildman–Crippen LogP) is 3.86. The van der Waals surface area contributed by atoms with Crippen LogP contribution in [0.2, 0.25) is 0 Å². The Labute approximate surface area is 164 Å². The number of amides is 1. The number of piperidine rings is 1. The van der Waals surface area contributed by atoms with Gasteiger partial charge in [-0.05, 0) is 66.6 Å². The van der Waals surface area contributed by atoms with Crippen molar-refractivity contribution in [3.63, 3.8) is 0 Å². The van der Waals surface area contributed by atoms with Gasteiger partial charge < -0.3 is 9.88 Å². The van der Waals surface area contributed by atoms with Crippen LogP contribution < -0.4 is 0 Å². The molecule has 1 aromatic heterocycles. The van der Waals surface area contributed by atoms with Crippen molar-refractivity contribution in [2.45, 2.75) is 38.1 Å². The minimum absolute atomic E-state index is 0.130. The quantitative estimate of drug-likeness (QED) is 0.694. The van der Waals surface area contributed by atoms with Crippen LogP contribution in [0.1, 0.15) is 51.4 Å². The van der Waals surface area contributed by atoms with E-state index in [2.05, 4.69) is 38.1 Å². The van der Waals surface area contributed by atoms with Gasteiger partial charge in [0.15, 0.2) is 0 Å². The summed E-state index contributed by atoms with van der Waals surface area (Å²) < 4.78 is 0. The number of nitrogens with zero attached hydrogens (tertiary/aromatic N) is 3. The van der Waals surface area contributed by atoms with Crippen molar-refractivity contribution in [1.29, 1.82) is 0 Å². The van der Waals surface area contributed by atoms with E-state index < -0.39 is 0 Å². The number of carbonyl (C=O) groups excluding carboxylic acids is 1. The van der Waals surface area contributed by atoms with E-state index in [0.29, 0.717) is 5.92 Å². The van der Waals surface area contributed by atoms with Crippen LogP contribution in [0, 0.1) is 6.92 Å². The van der Waals surface area contributed by atoms with E-state index in [1.165, 1.54) is 11.1 Å². The number of rotatable bonds is 2. The van der Waals surface area contributed by atoms with Gasteiger partial charge in [-0.2, -0.15) is 0 Å². The Hall–Kier alpha value is -2.95. The zero-order chi connectivity index (χ0) is 19.3. The Kier molecular flexibility index (Phi) is 4.04. The third-order valence-corrected chi connectivity index (χ3v) is 6.29. The highest BCUT2D eigenvalue weighted by atomic mass is 16.2. The van der Waals surface area contributed by atoms with E-state index in [0.717, 1.165) is 53.5 Å². The summed E-state index contributed by atoms with van der Waals surface area (Å²) in [5.74, 6) is 0.555. The van der Waals surface area contributed by atoms with Gasteiger partial charge in [0, 0.05) is 37.3 Å². The van der Waals surface area contributed by atoms with Crippen LogP contribution in [0.4, 0.5) is 0 Å². The molecule has 0 unspecified atom stereocenters. The third-order valence-electron chi connectivity index (χ3n) is 6.29. The fraction of sp³-hybridized carbons (Fsp3) is 0.348. The summed E-state index contributed by atoms with van der Waals surface area (Å²) in [4.78, 5) is 27.2. The maximum Gasteiger partial charge on any atom is 0.254 e. The Bertz CT molecular complexity index is 1100. The molecule has 5 nitrogen and oxygen atoms in total. The van der Waals surface area contributed by atoms with Crippen molar-refractivity contribution in [3.05, 3.63) is 64.5 Å². The first kappa shape index (κ1) is 17.2. The van der Waals surface area contributed by atoms with Gasteiger partial charge in [-0.15, -0.1) is 0 Å². The highest BCUT2D eigenvalue weighted by Gasteiger charge is 2.41. The van der Waals surface area contributed by atoms with Crippen molar-refractivity contribution < 1.29 is 4.79 Å². The lowest BCUT2D eigenvalue weighted by atomic mass is 9.87. The van der Waals surface area contributed by atoms with Crippen molar-refractivity contribution >= 4 is 23.2 Å². The first-order chi connectivity index (χ1) is 13.7. The molecule has 1 aliphatic carbocycles. The number of hydrogen-bond acceptors (Lipinski definition) is 3. The minimum atomic E-state index is 0.130. The van der Waals surface area contributed by atoms with E-state index in [9.17, 15) is 4.79 Å². The lowest BCUT2D eigenvalue weighted by Gasteiger charge is -2.38. The molecule has 2 aliphatic rings. The summed E-state index contributed by atoms with van der Waals surface area (Å²) in [5.41, 5.74) is 7.59. The largest absolute Gasteiger partial charge is 0.344 e. The fourth-order valence-electron chi connectivity index (χ4n) is 5.04. The molecule has 0 bridgehead atoms. The maximum atomic E-state index is 13.4. The van der Waals surface area contributed by atoms with Crippen molar-refractivity contribution in [1.82, 2.24) is 14.9 Å². The Balaban J connectivity index is 1.48. The highest BCUT2D eigenvalue weighted by Crippen LogP contribution is 2.43. The monoisotopic (exact) mass is 372 g/mol. The zero-order valence-corrected chi connectivity index (χ0v) is 16.3. The number of benzene rings is 2. The van der Waals surface area contributed by atoms with Crippen molar-refractivity contribution in [2.24, 2.45) is 4.99 Å². The first-order valence-electron chi connectivity index (χ1n) is 9.95. The average molecular weight is 372 g/mol. The number of H-pyrrole nitrogens is 1. The lowest BCUT2D eigenvalue weighted by molar-refractivity contribution is 0.0595. The normalized spacial score (nSPS) is 21.3. The summed E-state index contributed by atoms with van der Waals surface area (Å²) in [5, 5.41) is 0. The summed E-state index contributed by atoms with van der Waals surface area (Å²) in [6.07, 6.45) is 6.72. The van der Waals surface area contributed by atoms with E-state index in [1.807, 2.05) is 25.3 Å². The molecule has 0 saturated carbocycles. The molecule has 5 rings (SSSR count). The molecular weight excluding hydrogens is 348 g/mol. The molecule has 0 spiro atoms. The number of aryl methyl sites for hydroxylation is 1.